The van der Waals surface area contributed by atoms with Crippen LogP contribution in [0, 0.1) is 5.92 Å². The molecule has 1 atom stereocenters. The minimum Gasteiger partial charge on any atom is -0.375 e. The first-order valence-corrected chi connectivity index (χ1v) is 9.42. The van der Waals surface area contributed by atoms with Crippen molar-refractivity contribution in [2.45, 2.75) is 25.8 Å². The van der Waals surface area contributed by atoms with Crippen molar-refractivity contribution < 1.29 is 18.8 Å². The van der Waals surface area contributed by atoms with Crippen molar-refractivity contribution in [3.8, 4) is 0 Å². The molecule has 1 fully saturated rings. The lowest BCUT2D eigenvalue weighted by Crippen LogP contribution is -2.46. The van der Waals surface area contributed by atoms with E-state index in [1.807, 2.05) is 17.5 Å². The number of thiophene rings is 1. The fourth-order valence-corrected chi connectivity index (χ4v) is 3.64. The number of likely N-dealkylation sites (tertiary alicyclic amines) is 1. The van der Waals surface area contributed by atoms with Crippen LogP contribution in [0.2, 0.25) is 0 Å². The van der Waals surface area contributed by atoms with Gasteiger partial charge in [-0.15, -0.1) is 11.3 Å². The Morgan fingerprint density at radius 2 is 2.38 bits per heavy atom. The van der Waals surface area contributed by atoms with E-state index in [1.165, 1.54) is 7.11 Å². The number of piperidine rings is 1. The molecule has 0 aliphatic carbocycles. The lowest BCUT2D eigenvalue weighted by molar-refractivity contribution is -0.139. The molecule has 1 unspecified atom stereocenters. The van der Waals surface area contributed by atoms with Crippen LogP contribution in [0.5, 0.6) is 0 Å². The quantitative estimate of drug-likeness (QED) is 0.778. The number of carbonyl (C=O) groups is 2. The number of hydrogen-bond donors (Lipinski definition) is 1. The van der Waals surface area contributed by atoms with Gasteiger partial charge in [0, 0.05) is 31.5 Å². The standard InChI is InChI=1S/C17H22N4O4S/c1-24-11-16(22)21-6-2-4-12(10-21)17(23)18-9-15-19-14(20-25-15)8-13-5-3-7-26-13/h3,5,7,12H,2,4,6,8-11H2,1H3,(H,18,23). The monoisotopic (exact) mass is 378 g/mol. The zero-order valence-electron chi connectivity index (χ0n) is 14.6. The number of amides is 2. The molecule has 0 spiro atoms. The first-order valence-electron chi connectivity index (χ1n) is 8.54. The normalized spacial score (nSPS) is 17.3. The Morgan fingerprint density at radius 1 is 1.50 bits per heavy atom. The van der Waals surface area contributed by atoms with E-state index in [0.29, 0.717) is 31.2 Å². The highest BCUT2D eigenvalue weighted by atomic mass is 32.1. The van der Waals surface area contributed by atoms with Crippen molar-refractivity contribution >= 4 is 23.2 Å². The zero-order valence-corrected chi connectivity index (χ0v) is 15.5. The molecule has 0 radical (unpaired) electrons. The van der Waals surface area contributed by atoms with Gasteiger partial charge in [0.1, 0.15) is 6.61 Å². The molecule has 9 heteroatoms. The summed E-state index contributed by atoms with van der Waals surface area (Å²) in [6.07, 6.45) is 2.18. The second-order valence-electron chi connectivity index (χ2n) is 6.19. The maximum Gasteiger partial charge on any atom is 0.248 e. The predicted molar refractivity (Wildman–Crippen MR) is 94.4 cm³/mol. The van der Waals surface area contributed by atoms with Crippen LogP contribution in [-0.2, 0) is 27.3 Å². The van der Waals surface area contributed by atoms with Gasteiger partial charge in [0.15, 0.2) is 5.82 Å². The van der Waals surface area contributed by atoms with E-state index in [4.69, 9.17) is 9.26 Å². The number of ether oxygens (including phenoxy) is 1. The van der Waals surface area contributed by atoms with Gasteiger partial charge < -0.3 is 19.5 Å². The molecule has 26 heavy (non-hydrogen) atoms. The summed E-state index contributed by atoms with van der Waals surface area (Å²) in [5.74, 6) is 0.579. The summed E-state index contributed by atoms with van der Waals surface area (Å²) < 4.78 is 10.1. The lowest BCUT2D eigenvalue weighted by atomic mass is 9.97. The van der Waals surface area contributed by atoms with Crippen LogP contribution >= 0.6 is 11.3 Å². The zero-order chi connectivity index (χ0) is 18.4. The Kier molecular flexibility index (Phi) is 6.35. The molecule has 0 saturated carbocycles. The van der Waals surface area contributed by atoms with E-state index >= 15 is 0 Å². The van der Waals surface area contributed by atoms with Gasteiger partial charge in [-0.05, 0) is 24.3 Å². The largest absolute Gasteiger partial charge is 0.375 e. The van der Waals surface area contributed by atoms with E-state index in [1.54, 1.807) is 16.2 Å². The van der Waals surface area contributed by atoms with E-state index in [9.17, 15) is 9.59 Å². The average molecular weight is 378 g/mol. The first kappa shape index (κ1) is 18.5. The van der Waals surface area contributed by atoms with Crippen molar-refractivity contribution in [2.24, 2.45) is 5.92 Å². The fourth-order valence-electron chi connectivity index (χ4n) is 2.94. The van der Waals surface area contributed by atoms with Crippen LogP contribution in [0.3, 0.4) is 0 Å². The fraction of sp³-hybridized carbons (Fsp3) is 0.529. The third-order valence-corrected chi connectivity index (χ3v) is 5.13. The Labute approximate surface area is 155 Å². The Bertz CT molecular complexity index is 731. The van der Waals surface area contributed by atoms with Crippen molar-refractivity contribution in [2.75, 3.05) is 26.8 Å². The Hall–Kier alpha value is -2.26. The SMILES string of the molecule is COCC(=O)N1CCCC(C(=O)NCc2nc(Cc3cccs3)no2)C1. The predicted octanol–water partition coefficient (Wildman–Crippen LogP) is 1.22. The maximum atomic E-state index is 12.4. The van der Waals surface area contributed by atoms with Crippen LogP contribution in [0.25, 0.3) is 0 Å². The molecule has 2 amide bonds. The molecule has 2 aromatic heterocycles. The number of nitrogens with one attached hydrogen (secondary N) is 1. The van der Waals surface area contributed by atoms with E-state index in [2.05, 4.69) is 15.5 Å². The first-order chi connectivity index (χ1) is 12.7. The molecule has 8 nitrogen and oxygen atoms in total. The molecular formula is C17H22N4O4S. The van der Waals surface area contributed by atoms with Crippen LogP contribution in [-0.4, -0.2) is 53.7 Å². The number of rotatable bonds is 7. The van der Waals surface area contributed by atoms with Gasteiger partial charge in [0.2, 0.25) is 17.7 Å². The third kappa shape index (κ3) is 4.89. The molecule has 1 aliphatic rings. The molecule has 1 saturated heterocycles. The summed E-state index contributed by atoms with van der Waals surface area (Å²) in [7, 11) is 1.49. The average Bonchev–Trinajstić information content (AvgIpc) is 3.32. The summed E-state index contributed by atoms with van der Waals surface area (Å²) in [6, 6.07) is 3.99. The Morgan fingerprint density at radius 3 is 3.15 bits per heavy atom. The highest BCUT2D eigenvalue weighted by Crippen LogP contribution is 2.17. The third-order valence-electron chi connectivity index (χ3n) is 4.25. The second kappa shape index (κ2) is 8.91. The lowest BCUT2D eigenvalue weighted by Gasteiger charge is -2.31. The second-order valence-corrected chi connectivity index (χ2v) is 7.22. The molecule has 2 aromatic rings. The number of aromatic nitrogens is 2. The van der Waals surface area contributed by atoms with Crippen LogP contribution in [0.4, 0.5) is 0 Å². The van der Waals surface area contributed by atoms with Crippen molar-refractivity contribution in [1.29, 1.82) is 0 Å². The highest BCUT2D eigenvalue weighted by molar-refractivity contribution is 7.09. The van der Waals surface area contributed by atoms with Gasteiger partial charge in [0.05, 0.1) is 12.5 Å². The van der Waals surface area contributed by atoms with Crippen LogP contribution < -0.4 is 5.32 Å². The molecule has 0 bridgehead atoms. The molecule has 1 N–H and O–H groups in total. The maximum absolute atomic E-state index is 12.4. The van der Waals surface area contributed by atoms with Gasteiger partial charge >= 0.3 is 0 Å². The van der Waals surface area contributed by atoms with Gasteiger partial charge in [0.25, 0.3) is 0 Å². The summed E-state index contributed by atoms with van der Waals surface area (Å²) in [5, 5.41) is 8.77. The summed E-state index contributed by atoms with van der Waals surface area (Å²) in [6.45, 7) is 1.32. The smallest absolute Gasteiger partial charge is 0.248 e. The number of carbonyl (C=O) groups excluding carboxylic acids is 2. The molecule has 1 aliphatic heterocycles. The van der Waals surface area contributed by atoms with E-state index < -0.39 is 0 Å². The topological polar surface area (TPSA) is 97.6 Å². The van der Waals surface area contributed by atoms with Gasteiger partial charge in [-0.2, -0.15) is 4.98 Å². The van der Waals surface area contributed by atoms with E-state index in [-0.39, 0.29) is 30.9 Å². The molecule has 140 valence electrons. The minimum absolute atomic E-state index is 0.0450. The van der Waals surface area contributed by atoms with E-state index in [0.717, 1.165) is 17.7 Å². The van der Waals surface area contributed by atoms with Gasteiger partial charge in [-0.1, -0.05) is 11.2 Å². The summed E-state index contributed by atoms with van der Waals surface area (Å²) in [4.78, 5) is 31.5. The number of methoxy groups -OCH3 is 1. The van der Waals surface area contributed by atoms with Gasteiger partial charge in [-0.3, -0.25) is 9.59 Å². The molecular weight excluding hydrogens is 356 g/mol. The van der Waals surface area contributed by atoms with Crippen molar-refractivity contribution in [3.05, 3.63) is 34.1 Å². The Balaban J connectivity index is 1.47. The summed E-state index contributed by atoms with van der Waals surface area (Å²) >= 11 is 1.64. The number of nitrogens with zero attached hydrogens (tertiary/aromatic N) is 3. The molecule has 3 heterocycles. The molecule has 0 aromatic carbocycles. The highest BCUT2D eigenvalue weighted by Gasteiger charge is 2.28. The summed E-state index contributed by atoms with van der Waals surface area (Å²) in [5.41, 5.74) is 0. The van der Waals surface area contributed by atoms with Crippen molar-refractivity contribution in [1.82, 2.24) is 20.4 Å². The molecule has 3 rings (SSSR count). The van der Waals surface area contributed by atoms with Crippen molar-refractivity contribution in [3.63, 3.8) is 0 Å². The minimum atomic E-state index is -0.224. The van der Waals surface area contributed by atoms with Gasteiger partial charge in [-0.25, -0.2) is 0 Å². The van der Waals surface area contributed by atoms with Crippen LogP contribution in [0.15, 0.2) is 22.0 Å². The van der Waals surface area contributed by atoms with Crippen LogP contribution in [0.1, 0.15) is 29.4 Å². The number of hydrogen-bond acceptors (Lipinski definition) is 7.